The van der Waals surface area contributed by atoms with Gasteiger partial charge in [-0.15, -0.1) is 0 Å². The van der Waals surface area contributed by atoms with Gasteiger partial charge in [-0.25, -0.2) is 0 Å². The third-order valence-corrected chi connectivity index (χ3v) is 5.92. The number of aryl methyl sites for hydroxylation is 1. The van der Waals surface area contributed by atoms with Crippen molar-refractivity contribution in [2.75, 3.05) is 0 Å². The van der Waals surface area contributed by atoms with Gasteiger partial charge in [0.25, 0.3) is 0 Å². The van der Waals surface area contributed by atoms with E-state index in [9.17, 15) is 4.79 Å². The van der Waals surface area contributed by atoms with Crippen LogP contribution < -0.4 is 9.47 Å². The second-order valence-corrected chi connectivity index (χ2v) is 8.41. The minimum absolute atomic E-state index is 0.194. The molecule has 0 radical (unpaired) electrons. The van der Waals surface area contributed by atoms with E-state index >= 15 is 0 Å². The van der Waals surface area contributed by atoms with Gasteiger partial charge in [-0.2, -0.15) is 0 Å². The van der Waals surface area contributed by atoms with Crippen molar-refractivity contribution in [1.29, 1.82) is 0 Å². The highest BCUT2D eigenvalue weighted by molar-refractivity contribution is 6.42. The predicted octanol–water partition coefficient (Wildman–Crippen LogP) is 7.80. The van der Waals surface area contributed by atoms with Crippen LogP contribution in [0, 0.1) is 6.92 Å². The van der Waals surface area contributed by atoms with E-state index in [4.69, 9.17) is 55.9 Å². The maximum Gasteiger partial charge on any atom is 0.232 e. The van der Waals surface area contributed by atoms with Gasteiger partial charge in [-0.1, -0.05) is 58.5 Å². The zero-order valence-electron chi connectivity index (χ0n) is 15.6. The number of ketones is 1. The van der Waals surface area contributed by atoms with Crippen LogP contribution in [0.15, 0.2) is 54.3 Å². The highest BCUT2D eigenvalue weighted by atomic mass is 35.5. The van der Waals surface area contributed by atoms with Gasteiger partial charge < -0.3 is 9.47 Å². The summed E-state index contributed by atoms with van der Waals surface area (Å²) in [6.45, 7) is 2.10. The van der Waals surface area contributed by atoms with Gasteiger partial charge in [-0.05, 0) is 54.5 Å². The van der Waals surface area contributed by atoms with Crippen molar-refractivity contribution in [3.63, 3.8) is 0 Å². The summed E-state index contributed by atoms with van der Waals surface area (Å²) in [6.07, 6.45) is 1.64. The van der Waals surface area contributed by atoms with Gasteiger partial charge in [0.2, 0.25) is 5.78 Å². The van der Waals surface area contributed by atoms with Crippen molar-refractivity contribution in [3.8, 4) is 11.5 Å². The quantitative estimate of drug-likeness (QED) is 0.358. The van der Waals surface area contributed by atoms with E-state index in [2.05, 4.69) is 0 Å². The summed E-state index contributed by atoms with van der Waals surface area (Å²) in [7, 11) is 0. The zero-order valence-corrected chi connectivity index (χ0v) is 18.7. The summed E-state index contributed by atoms with van der Waals surface area (Å²) in [5.41, 5.74) is 2.79. The number of hydrogen-bond donors (Lipinski definition) is 0. The number of allylic oxidation sites excluding steroid dienone is 1. The van der Waals surface area contributed by atoms with E-state index in [1.54, 1.807) is 48.5 Å². The predicted molar refractivity (Wildman–Crippen MR) is 121 cm³/mol. The lowest BCUT2D eigenvalue weighted by molar-refractivity contribution is 0.101. The van der Waals surface area contributed by atoms with E-state index in [-0.39, 0.29) is 18.1 Å². The van der Waals surface area contributed by atoms with Crippen molar-refractivity contribution in [2.24, 2.45) is 0 Å². The molecular weight excluding hydrogens is 466 g/mol. The first-order valence-corrected chi connectivity index (χ1v) is 10.4. The first-order valence-electron chi connectivity index (χ1n) is 8.92. The molecule has 30 heavy (non-hydrogen) atoms. The molecule has 1 heterocycles. The van der Waals surface area contributed by atoms with Crippen LogP contribution in [0.5, 0.6) is 11.5 Å². The highest BCUT2D eigenvalue weighted by Gasteiger charge is 2.30. The number of fused-ring (bicyclic) bond motifs is 1. The summed E-state index contributed by atoms with van der Waals surface area (Å²) in [5, 5.41) is 1.94. The molecule has 3 aromatic rings. The largest absolute Gasteiger partial charge is 0.489 e. The van der Waals surface area contributed by atoms with Crippen molar-refractivity contribution < 1.29 is 14.3 Å². The number of rotatable bonds is 4. The molecule has 7 heteroatoms. The number of carbonyl (C=O) groups excluding carboxylic acids is 1. The lowest BCUT2D eigenvalue weighted by Gasteiger charge is -2.10. The Balaban J connectivity index is 1.57. The Morgan fingerprint density at radius 1 is 0.933 bits per heavy atom. The van der Waals surface area contributed by atoms with Crippen LogP contribution in [0.4, 0.5) is 0 Å². The van der Waals surface area contributed by atoms with Crippen LogP contribution in [0.1, 0.15) is 27.0 Å². The molecule has 0 aliphatic carbocycles. The summed E-state index contributed by atoms with van der Waals surface area (Å²) in [4.78, 5) is 12.8. The van der Waals surface area contributed by atoms with E-state index in [1.165, 1.54) is 0 Å². The molecule has 0 spiro atoms. The van der Waals surface area contributed by atoms with Crippen LogP contribution in [0.3, 0.4) is 0 Å². The molecule has 0 N–H and O–H groups in total. The van der Waals surface area contributed by atoms with Crippen molar-refractivity contribution in [3.05, 3.63) is 96.6 Å². The third-order valence-electron chi connectivity index (χ3n) is 4.59. The van der Waals surface area contributed by atoms with E-state index in [0.29, 0.717) is 42.7 Å². The Kier molecular flexibility index (Phi) is 5.99. The third kappa shape index (κ3) is 4.30. The number of carbonyl (C=O) groups is 1. The maximum atomic E-state index is 12.8. The molecule has 0 atom stereocenters. The van der Waals surface area contributed by atoms with E-state index in [0.717, 1.165) is 11.1 Å². The van der Waals surface area contributed by atoms with Gasteiger partial charge in [-0.3, -0.25) is 4.79 Å². The molecule has 0 unspecified atom stereocenters. The fraction of sp³-hybridized carbons (Fsp3) is 0.0870. The average molecular weight is 480 g/mol. The number of halogens is 4. The molecule has 1 aliphatic heterocycles. The van der Waals surface area contributed by atoms with E-state index in [1.807, 2.05) is 13.0 Å². The molecule has 0 saturated heterocycles. The minimum Gasteiger partial charge on any atom is -0.489 e. The molecule has 3 aromatic carbocycles. The van der Waals surface area contributed by atoms with Crippen LogP contribution in [-0.4, -0.2) is 5.78 Å². The molecule has 0 aromatic heterocycles. The van der Waals surface area contributed by atoms with Gasteiger partial charge in [0.15, 0.2) is 5.76 Å². The molecular formula is C23H14Cl4O3. The summed E-state index contributed by atoms with van der Waals surface area (Å²) < 4.78 is 11.7. The SMILES string of the molecule is Cc1cc(OCc2ccc(Cl)cc2Cl)cc2c1C(=O)/C(=C/c1ccc(Cl)c(Cl)c1)O2. The van der Waals surface area contributed by atoms with Crippen molar-refractivity contribution in [1.82, 2.24) is 0 Å². The Morgan fingerprint density at radius 2 is 1.73 bits per heavy atom. The summed E-state index contributed by atoms with van der Waals surface area (Å²) >= 11 is 24.1. The highest BCUT2D eigenvalue weighted by Crippen LogP contribution is 2.38. The lowest BCUT2D eigenvalue weighted by atomic mass is 10.0. The number of benzene rings is 3. The molecule has 0 bridgehead atoms. The van der Waals surface area contributed by atoms with Crippen LogP contribution in [0.2, 0.25) is 20.1 Å². The molecule has 152 valence electrons. The normalized spacial score (nSPS) is 14.0. The van der Waals surface area contributed by atoms with E-state index < -0.39 is 0 Å². The van der Waals surface area contributed by atoms with Gasteiger partial charge >= 0.3 is 0 Å². The summed E-state index contributed by atoms with van der Waals surface area (Å²) in [6, 6.07) is 13.8. The number of ether oxygens (including phenoxy) is 2. The maximum absolute atomic E-state index is 12.8. The Bertz CT molecular complexity index is 1200. The Labute approximate surface area is 193 Å². The molecule has 0 amide bonds. The fourth-order valence-corrected chi connectivity index (χ4v) is 3.88. The zero-order chi connectivity index (χ0) is 21.4. The van der Waals surface area contributed by atoms with Crippen LogP contribution in [-0.2, 0) is 6.61 Å². The monoisotopic (exact) mass is 478 g/mol. The molecule has 3 nitrogen and oxygen atoms in total. The molecule has 1 aliphatic rings. The standard InChI is InChI=1S/C23H14Cl4O3/c1-12-6-16(29-11-14-3-4-15(24)9-18(14)26)10-20-22(12)23(28)21(30-20)8-13-2-5-17(25)19(27)7-13/h2-10H,11H2,1H3/b21-8-. The van der Waals surface area contributed by atoms with Gasteiger partial charge in [0.05, 0.1) is 15.6 Å². The first kappa shape index (κ1) is 21.1. The van der Waals surface area contributed by atoms with Crippen LogP contribution >= 0.6 is 46.4 Å². The number of Topliss-reactive ketones (excluding diaryl/α,β-unsaturated/α-hetero) is 1. The summed E-state index contributed by atoms with van der Waals surface area (Å²) in [5.74, 6) is 1.04. The van der Waals surface area contributed by atoms with Gasteiger partial charge in [0.1, 0.15) is 18.1 Å². The minimum atomic E-state index is -0.194. The average Bonchev–Trinajstić information content (AvgIpc) is 3.00. The Hall–Kier alpha value is -2.17. The first-order chi connectivity index (χ1) is 14.3. The van der Waals surface area contributed by atoms with Gasteiger partial charge in [0, 0.05) is 21.7 Å². The smallest absolute Gasteiger partial charge is 0.232 e. The number of hydrogen-bond acceptors (Lipinski definition) is 3. The van der Waals surface area contributed by atoms with Crippen molar-refractivity contribution in [2.45, 2.75) is 13.5 Å². The lowest BCUT2D eigenvalue weighted by Crippen LogP contribution is -2.00. The van der Waals surface area contributed by atoms with Crippen molar-refractivity contribution >= 4 is 58.3 Å². The molecule has 0 fully saturated rings. The molecule has 4 rings (SSSR count). The Morgan fingerprint density at radius 3 is 2.47 bits per heavy atom. The van der Waals surface area contributed by atoms with Crippen LogP contribution in [0.25, 0.3) is 6.08 Å². The second kappa shape index (κ2) is 8.52. The molecule has 0 saturated carbocycles. The fourth-order valence-electron chi connectivity index (χ4n) is 3.11. The topological polar surface area (TPSA) is 35.5 Å². The second-order valence-electron chi connectivity index (χ2n) is 6.75.